The number of hydrogen-bond acceptors (Lipinski definition) is 8. The Kier molecular flexibility index (Phi) is 5.38. The maximum atomic E-state index is 12.4. The summed E-state index contributed by atoms with van der Waals surface area (Å²) < 4.78 is 19.1. The third-order valence-electron chi connectivity index (χ3n) is 5.62. The normalized spacial score (nSPS) is 24.2. The van der Waals surface area contributed by atoms with Crippen LogP contribution >= 0.6 is 0 Å². The fourth-order valence-corrected chi connectivity index (χ4v) is 4.02. The zero-order valence-electron chi connectivity index (χ0n) is 17.2. The van der Waals surface area contributed by atoms with E-state index in [1.807, 2.05) is 30.3 Å². The molecule has 10 nitrogen and oxygen atoms in total. The highest BCUT2D eigenvalue weighted by Crippen LogP contribution is 2.36. The number of aromatic nitrogens is 4. The highest BCUT2D eigenvalue weighted by atomic mass is 16.6. The number of rotatable bonds is 5. The van der Waals surface area contributed by atoms with E-state index in [0.717, 1.165) is 5.56 Å². The van der Waals surface area contributed by atoms with Crippen LogP contribution in [0.2, 0.25) is 0 Å². The third-order valence-corrected chi connectivity index (χ3v) is 5.62. The number of ketones is 1. The van der Waals surface area contributed by atoms with E-state index in [1.54, 1.807) is 28.9 Å². The molecule has 0 radical (unpaired) electrons. The van der Waals surface area contributed by atoms with Crippen molar-refractivity contribution in [3.63, 3.8) is 0 Å². The molecule has 1 aromatic heterocycles. The molecule has 2 aliphatic rings. The van der Waals surface area contributed by atoms with E-state index in [2.05, 4.69) is 20.8 Å². The summed E-state index contributed by atoms with van der Waals surface area (Å²) in [6.07, 6.45) is -1.93. The van der Waals surface area contributed by atoms with Gasteiger partial charge in [-0.25, -0.2) is 9.48 Å². The summed E-state index contributed by atoms with van der Waals surface area (Å²) >= 11 is 0. The number of Topliss-reactive ketones (excluding diaryl/α,β-unsaturated/α-hetero) is 1. The highest BCUT2D eigenvalue weighted by molar-refractivity contribution is 5.95. The first-order chi connectivity index (χ1) is 15.6. The first kappa shape index (κ1) is 20.3. The summed E-state index contributed by atoms with van der Waals surface area (Å²) in [5.41, 5.74) is 1.99. The molecule has 10 heteroatoms. The molecule has 0 spiro atoms. The average Bonchev–Trinajstić information content (AvgIpc) is 3.52. The van der Waals surface area contributed by atoms with Crippen molar-refractivity contribution in [2.45, 2.75) is 31.3 Å². The molecule has 3 heterocycles. The zero-order valence-corrected chi connectivity index (χ0v) is 17.2. The maximum absolute atomic E-state index is 12.4. The minimum Gasteiger partial charge on any atom is -0.441 e. The molecular formula is C22H21N5O5. The van der Waals surface area contributed by atoms with E-state index < -0.39 is 18.3 Å². The topological polar surface area (TPSA) is 117 Å². The maximum Gasteiger partial charge on any atom is 0.412 e. The molecule has 0 saturated carbocycles. The van der Waals surface area contributed by atoms with Gasteiger partial charge in [0.25, 0.3) is 0 Å². The Bertz CT molecular complexity index is 1120. The molecule has 2 saturated heterocycles. The van der Waals surface area contributed by atoms with E-state index in [1.165, 1.54) is 6.92 Å². The molecule has 0 bridgehead atoms. The van der Waals surface area contributed by atoms with Crippen molar-refractivity contribution in [1.29, 1.82) is 0 Å². The number of ether oxygens (including phenoxy) is 3. The van der Waals surface area contributed by atoms with Crippen LogP contribution in [0.25, 0.3) is 11.4 Å². The molecule has 2 aliphatic heterocycles. The lowest BCUT2D eigenvalue weighted by Gasteiger charge is -2.18. The van der Waals surface area contributed by atoms with Crippen LogP contribution in [-0.4, -0.2) is 63.6 Å². The number of nitrogens with one attached hydrogen (secondary N) is 1. The van der Waals surface area contributed by atoms with Crippen molar-refractivity contribution in [2.24, 2.45) is 0 Å². The van der Waals surface area contributed by atoms with E-state index in [9.17, 15) is 9.59 Å². The van der Waals surface area contributed by atoms with Crippen molar-refractivity contribution in [3.8, 4) is 11.4 Å². The largest absolute Gasteiger partial charge is 0.441 e. The Morgan fingerprint density at radius 3 is 2.53 bits per heavy atom. The van der Waals surface area contributed by atoms with Gasteiger partial charge < -0.3 is 14.2 Å². The summed E-state index contributed by atoms with van der Waals surface area (Å²) in [5, 5.41) is 14.8. The smallest absolute Gasteiger partial charge is 0.412 e. The number of carbonyl (C=O) groups is 2. The van der Waals surface area contributed by atoms with Crippen LogP contribution in [0.1, 0.15) is 23.3 Å². The monoisotopic (exact) mass is 435 g/mol. The van der Waals surface area contributed by atoms with Crippen molar-refractivity contribution in [1.82, 2.24) is 20.2 Å². The predicted molar refractivity (Wildman–Crippen MR) is 112 cm³/mol. The molecule has 32 heavy (non-hydrogen) atoms. The van der Waals surface area contributed by atoms with Gasteiger partial charge in [0.1, 0.15) is 18.2 Å². The SMILES string of the molecule is CC(=O)c1ccc(NC(=O)O[C@@H]2CO[C@H]3[C@@H]2OC[C@@H]3n2nnnc2-c2ccccc2)cc1. The molecule has 5 rings (SSSR count). The Balaban J connectivity index is 1.24. The van der Waals surface area contributed by atoms with E-state index in [4.69, 9.17) is 14.2 Å². The van der Waals surface area contributed by atoms with E-state index in [-0.39, 0.29) is 24.5 Å². The Morgan fingerprint density at radius 1 is 1.03 bits per heavy atom. The third kappa shape index (κ3) is 3.85. The standard InChI is InChI=1S/C22H21N5O5/c1-13(28)14-7-9-16(10-8-14)23-22(29)32-18-12-31-19-17(11-30-20(18)19)27-21(24-25-26-27)15-5-3-2-4-6-15/h2-10,17-20H,11-12H2,1H3,(H,23,29)/t17-,18+,19+,20+/m0/s1. The summed E-state index contributed by atoms with van der Waals surface area (Å²) in [7, 11) is 0. The summed E-state index contributed by atoms with van der Waals surface area (Å²) in [5.74, 6) is 0.582. The van der Waals surface area contributed by atoms with Gasteiger partial charge in [-0.05, 0) is 41.6 Å². The second kappa shape index (κ2) is 8.48. The van der Waals surface area contributed by atoms with Crippen molar-refractivity contribution >= 4 is 17.6 Å². The first-order valence-electron chi connectivity index (χ1n) is 10.3. The fraction of sp³-hybridized carbons (Fsp3) is 0.318. The van der Waals surface area contributed by atoms with Gasteiger partial charge in [-0.1, -0.05) is 30.3 Å². The first-order valence-corrected chi connectivity index (χ1v) is 10.3. The van der Waals surface area contributed by atoms with Gasteiger partial charge in [-0.2, -0.15) is 0 Å². The zero-order chi connectivity index (χ0) is 22.1. The van der Waals surface area contributed by atoms with Crippen molar-refractivity contribution in [2.75, 3.05) is 18.5 Å². The fourth-order valence-electron chi connectivity index (χ4n) is 4.02. The Labute approximate surface area is 183 Å². The summed E-state index contributed by atoms with van der Waals surface area (Å²) in [4.78, 5) is 23.8. The average molecular weight is 435 g/mol. The van der Waals surface area contributed by atoms with Gasteiger partial charge >= 0.3 is 6.09 Å². The Hall–Kier alpha value is -3.63. The molecule has 0 unspecified atom stereocenters. The van der Waals surface area contributed by atoms with Gasteiger partial charge in [0.2, 0.25) is 0 Å². The number of hydrogen-bond donors (Lipinski definition) is 1. The summed E-state index contributed by atoms with van der Waals surface area (Å²) in [6, 6.07) is 16.0. The lowest BCUT2D eigenvalue weighted by atomic mass is 10.1. The van der Waals surface area contributed by atoms with Gasteiger partial charge in [0, 0.05) is 16.8 Å². The molecule has 0 aliphatic carbocycles. The molecule has 4 atom stereocenters. The predicted octanol–water partition coefficient (Wildman–Crippen LogP) is 2.50. The molecule has 1 N–H and O–H groups in total. The van der Waals surface area contributed by atoms with Gasteiger partial charge in [-0.3, -0.25) is 10.1 Å². The molecule has 2 fully saturated rings. The second-order valence-electron chi connectivity index (χ2n) is 7.68. The van der Waals surface area contributed by atoms with Crippen LogP contribution in [0, 0.1) is 0 Å². The number of nitrogens with zero attached hydrogens (tertiary/aromatic N) is 4. The van der Waals surface area contributed by atoms with Gasteiger partial charge in [0.05, 0.1) is 13.2 Å². The minimum absolute atomic E-state index is 0.0424. The molecule has 1 amide bonds. The molecule has 2 aromatic carbocycles. The van der Waals surface area contributed by atoms with Gasteiger partial charge in [0.15, 0.2) is 17.7 Å². The van der Waals surface area contributed by atoms with Crippen LogP contribution in [0.4, 0.5) is 10.5 Å². The van der Waals surface area contributed by atoms with E-state index in [0.29, 0.717) is 23.7 Å². The summed E-state index contributed by atoms with van der Waals surface area (Å²) in [6.45, 7) is 2.04. The lowest BCUT2D eigenvalue weighted by Crippen LogP contribution is -2.35. The number of anilines is 1. The molecule has 164 valence electrons. The minimum atomic E-state index is -0.616. The number of tetrazole rings is 1. The molecule has 3 aromatic rings. The number of amides is 1. The lowest BCUT2D eigenvalue weighted by molar-refractivity contribution is 0.00774. The van der Waals surface area contributed by atoms with Crippen molar-refractivity contribution < 1.29 is 23.8 Å². The second-order valence-corrected chi connectivity index (χ2v) is 7.68. The van der Waals surface area contributed by atoms with Crippen LogP contribution in [0.15, 0.2) is 54.6 Å². The highest BCUT2D eigenvalue weighted by Gasteiger charge is 2.51. The number of carbonyl (C=O) groups excluding carboxylic acids is 2. The van der Waals surface area contributed by atoms with Crippen LogP contribution < -0.4 is 5.32 Å². The van der Waals surface area contributed by atoms with E-state index >= 15 is 0 Å². The number of fused-ring (bicyclic) bond motifs is 1. The van der Waals surface area contributed by atoms with Crippen LogP contribution in [-0.2, 0) is 14.2 Å². The number of benzene rings is 2. The van der Waals surface area contributed by atoms with Crippen LogP contribution in [0.5, 0.6) is 0 Å². The molecular weight excluding hydrogens is 414 g/mol. The van der Waals surface area contributed by atoms with Gasteiger partial charge in [-0.15, -0.1) is 5.10 Å². The quantitative estimate of drug-likeness (QED) is 0.608. The van der Waals surface area contributed by atoms with Crippen LogP contribution in [0.3, 0.4) is 0 Å². The van der Waals surface area contributed by atoms with Crippen molar-refractivity contribution in [3.05, 3.63) is 60.2 Å². The Morgan fingerprint density at radius 2 is 1.78 bits per heavy atom.